The molecule has 1 saturated carbocycles. The van der Waals surface area contributed by atoms with Crippen LogP contribution in [0.3, 0.4) is 0 Å². The molecule has 2 aromatic carbocycles. The summed E-state index contributed by atoms with van der Waals surface area (Å²) in [5.41, 5.74) is 7.91. The number of benzene rings is 2. The van der Waals surface area contributed by atoms with E-state index in [9.17, 15) is 9.59 Å². The van der Waals surface area contributed by atoms with Crippen LogP contribution in [0.4, 0.5) is 0 Å². The number of primary amides is 1. The van der Waals surface area contributed by atoms with E-state index in [4.69, 9.17) is 27.4 Å². The number of nitrogens with zero attached hydrogens (tertiary/aromatic N) is 1. The maximum atomic E-state index is 13.0. The molecule has 0 aliphatic heterocycles. The lowest BCUT2D eigenvalue weighted by Crippen LogP contribution is -2.48. The lowest BCUT2D eigenvalue weighted by Gasteiger charge is -2.36. The summed E-state index contributed by atoms with van der Waals surface area (Å²) in [6.07, 6.45) is 5.52. The normalized spacial score (nSPS) is 14.1. The number of carbonyl (C=O) groups is 2. The van der Waals surface area contributed by atoms with Crippen LogP contribution in [0.25, 0.3) is 0 Å². The highest BCUT2D eigenvalue weighted by Gasteiger charge is 2.25. The molecule has 0 bridgehead atoms. The summed E-state index contributed by atoms with van der Waals surface area (Å²) in [4.78, 5) is 26.2. The van der Waals surface area contributed by atoms with Gasteiger partial charge in [-0.2, -0.15) is 0 Å². The monoisotopic (exact) mass is 511 g/mol. The highest BCUT2D eigenvalue weighted by Crippen LogP contribution is 2.30. The van der Waals surface area contributed by atoms with Crippen molar-refractivity contribution in [3.63, 3.8) is 0 Å². The molecule has 8 heteroatoms. The molecule has 1 aliphatic carbocycles. The summed E-state index contributed by atoms with van der Waals surface area (Å²) in [5.74, 6) is 0.179. The Hall–Kier alpha value is -3.13. The maximum Gasteiger partial charge on any atom is 0.257 e. The number of nitrogens with two attached hydrogens (primary N) is 1. The molecular weight excluding hydrogens is 474 g/mol. The zero-order valence-corrected chi connectivity index (χ0v) is 22.5. The minimum Gasteiger partial charge on any atom is -0.493 e. The van der Waals surface area contributed by atoms with Gasteiger partial charge in [0.05, 0.1) is 7.11 Å². The van der Waals surface area contributed by atoms with Crippen LogP contribution in [-0.4, -0.2) is 41.6 Å². The second kappa shape index (κ2) is 12.2. The Balaban J connectivity index is 1.77. The SMILES string of the molecule is COc1cc(CN(C(=S)NC(=O)c2ccc(C(C)(C)C)cc2)C2CCCCC2)ccc1OCC(N)=O. The largest absolute Gasteiger partial charge is 0.493 e. The van der Waals surface area contributed by atoms with E-state index >= 15 is 0 Å². The van der Waals surface area contributed by atoms with Crippen LogP contribution in [0.1, 0.15) is 74.4 Å². The van der Waals surface area contributed by atoms with Gasteiger partial charge in [-0.05, 0) is 65.9 Å². The van der Waals surface area contributed by atoms with Crippen LogP contribution < -0.4 is 20.5 Å². The van der Waals surface area contributed by atoms with Crippen molar-refractivity contribution in [2.45, 2.75) is 70.9 Å². The van der Waals surface area contributed by atoms with Crippen molar-refractivity contribution in [3.8, 4) is 11.5 Å². The van der Waals surface area contributed by atoms with E-state index in [1.807, 2.05) is 36.4 Å². The minimum atomic E-state index is -0.557. The predicted molar refractivity (Wildman–Crippen MR) is 145 cm³/mol. The summed E-state index contributed by atoms with van der Waals surface area (Å²) >= 11 is 5.76. The van der Waals surface area contributed by atoms with Crippen molar-refractivity contribution in [3.05, 3.63) is 59.2 Å². The van der Waals surface area contributed by atoms with Gasteiger partial charge in [0.25, 0.3) is 11.8 Å². The van der Waals surface area contributed by atoms with Crippen LogP contribution in [0.5, 0.6) is 11.5 Å². The van der Waals surface area contributed by atoms with Crippen LogP contribution in [0, 0.1) is 0 Å². The van der Waals surface area contributed by atoms with Crippen LogP contribution in [-0.2, 0) is 16.8 Å². The second-order valence-corrected chi connectivity index (χ2v) is 10.6. The van der Waals surface area contributed by atoms with E-state index in [1.54, 1.807) is 13.2 Å². The molecule has 0 unspecified atom stereocenters. The van der Waals surface area contributed by atoms with E-state index in [0.717, 1.165) is 31.2 Å². The van der Waals surface area contributed by atoms with Gasteiger partial charge in [-0.3, -0.25) is 14.9 Å². The van der Waals surface area contributed by atoms with Gasteiger partial charge in [-0.15, -0.1) is 0 Å². The standard InChI is InChI=1S/C28H37N3O4S/c1-28(2,3)21-13-11-20(12-14-21)26(33)30-27(36)31(22-8-6-5-7-9-22)17-19-10-15-23(24(16-19)34-4)35-18-25(29)32/h10-16,22H,5-9,17-18H2,1-4H3,(H2,29,32)(H,30,33,36). The quantitative estimate of drug-likeness (QED) is 0.499. The molecule has 0 saturated heterocycles. The van der Waals surface area contributed by atoms with Crippen LogP contribution in [0.15, 0.2) is 42.5 Å². The number of amides is 2. The third-order valence-electron chi connectivity index (χ3n) is 6.46. The topological polar surface area (TPSA) is 93.9 Å². The number of ether oxygens (including phenoxy) is 2. The van der Waals surface area contributed by atoms with Crippen molar-refractivity contribution >= 4 is 29.1 Å². The molecule has 1 fully saturated rings. The molecule has 3 rings (SSSR count). The molecule has 3 N–H and O–H groups in total. The summed E-state index contributed by atoms with van der Waals surface area (Å²) in [7, 11) is 1.55. The van der Waals surface area contributed by atoms with Gasteiger partial charge in [0.2, 0.25) is 0 Å². The fraction of sp³-hybridized carbons (Fsp3) is 0.464. The van der Waals surface area contributed by atoms with E-state index in [1.165, 1.54) is 12.0 Å². The van der Waals surface area contributed by atoms with Crippen LogP contribution in [0.2, 0.25) is 0 Å². The highest BCUT2D eigenvalue weighted by molar-refractivity contribution is 7.80. The van der Waals surface area contributed by atoms with Gasteiger partial charge in [0.15, 0.2) is 23.2 Å². The molecule has 0 heterocycles. The third kappa shape index (κ3) is 7.43. The number of methoxy groups -OCH3 is 1. The molecule has 7 nitrogen and oxygen atoms in total. The Morgan fingerprint density at radius 2 is 1.72 bits per heavy atom. The fourth-order valence-electron chi connectivity index (χ4n) is 4.40. The van der Waals surface area contributed by atoms with Gasteiger partial charge in [-0.25, -0.2) is 0 Å². The molecule has 0 spiro atoms. The first-order valence-electron chi connectivity index (χ1n) is 12.4. The second-order valence-electron chi connectivity index (χ2n) is 10.2. The van der Waals surface area contributed by atoms with E-state index in [-0.39, 0.29) is 24.0 Å². The molecule has 0 radical (unpaired) electrons. The zero-order chi connectivity index (χ0) is 26.3. The summed E-state index contributed by atoms with van der Waals surface area (Å²) in [6.45, 7) is 6.72. The smallest absolute Gasteiger partial charge is 0.257 e. The molecular formula is C28H37N3O4S. The Kier molecular flexibility index (Phi) is 9.31. The molecule has 0 aromatic heterocycles. The molecule has 194 valence electrons. The van der Waals surface area contributed by atoms with Gasteiger partial charge in [-0.1, -0.05) is 58.2 Å². The van der Waals surface area contributed by atoms with E-state index < -0.39 is 5.91 Å². The number of thiocarbonyl (C=S) groups is 1. The first-order chi connectivity index (χ1) is 17.1. The summed E-state index contributed by atoms with van der Waals surface area (Å²) in [5, 5.41) is 3.37. The predicted octanol–water partition coefficient (Wildman–Crippen LogP) is 4.71. The molecule has 2 amide bonds. The molecule has 1 aliphatic rings. The summed E-state index contributed by atoms with van der Waals surface area (Å²) < 4.78 is 10.9. The Morgan fingerprint density at radius 3 is 2.31 bits per heavy atom. The first-order valence-corrected chi connectivity index (χ1v) is 12.8. The van der Waals surface area contributed by atoms with E-state index in [2.05, 4.69) is 31.0 Å². The van der Waals surface area contributed by atoms with E-state index in [0.29, 0.717) is 28.7 Å². The number of rotatable bonds is 8. The van der Waals surface area contributed by atoms with Crippen molar-refractivity contribution in [1.29, 1.82) is 0 Å². The van der Waals surface area contributed by atoms with Crippen molar-refractivity contribution in [1.82, 2.24) is 10.2 Å². The van der Waals surface area contributed by atoms with Crippen molar-refractivity contribution in [2.24, 2.45) is 5.73 Å². The van der Waals surface area contributed by atoms with Crippen molar-refractivity contribution < 1.29 is 19.1 Å². The first kappa shape index (κ1) is 27.5. The number of hydrogen-bond donors (Lipinski definition) is 2. The lowest BCUT2D eigenvalue weighted by molar-refractivity contribution is -0.119. The number of carbonyl (C=O) groups excluding carboxylic acids is 2. The average molecular weight is 512 g/mol. The van der Waals surface area contributed by atoms with Crippen LogP contribution >= 0.6 is 12.2 Å². The van der Waals surface area contributed by atoms with Gasteiger partial charge < -0.3 is 20.1 Å². The minimum absolute atomic E-state index is 0.0174. The summed E-state index contributed by atoms with van der Waals surface area (Å²) in [6, 6.07) is 13.4. The fourth-order valence-corrected chi connectivity index (χ4v) is 4.70. The number of hydrogen-bond acceptors (Lipinski definition) is 5. The average Bonchev–Trinajstić information content (AvgIpc) is 2.86. The maximum absolute atomic E-state index is 13.0. The highest BCUT2D eigenvalue weighted by atomic mass is 32.1. The van der Waals surface area contributed by atoms with Gasteiger partial charge in [0.1, 0.15) is 0 Å². The Labute approximate surface area is 219 Å². The molecule has 0 atom stereocenters. The van der Waals surface area contributed by atoms with Crippen molar-refractivity contribution in [2.75, 3.05) is 13.7 Å². The molecule has 36 heavy (non-hydrogen) atoms. The number of nitrogens with one attached hydrogen (secondary N) is 1. The Bertz CT molecular complexity index is 1070. The van der Waals surface area contributed by atoms with Gasteiger partial charge in [0, 0.05) is 18.2 Å². The van der Waals surface area contributed by atoms with Gasteiger partial charge >= 0.3 is 0 Å². The molecule has 2 aromatic rings. The lowest BCUT2D eigenvalue weighted by atomic mass is 9.87. The Morgan fingerprint density at radius 1 is 1.06 bits per heavy atom. The third-order valence-corrected chi connectivity index (χ3v) is 6.80. The zero-order valence-electron chi connectivity index (χ0n) is 21.6.